The van der Waals surface area contributed by atoms with Gasteiger partial charge >= 0.3 is 5.97 Å². The maximum Gasteiger partial charge on any atom is 0.337 e. The molecule has 0 saturated carbocycles. The number of non-ortho nitro benzene ring substituents is 1. The highest BCUT2D eigenvalue weighted by atomic mass is 16.6. The quantitative estimate of drug-likeness (QED) is 0.266. The van der Waals surface area contributed by atoms with Gasteiger partial charge in [0.1, 0.15) is 17.3 Å². The Morgan fingerprint density at radius 1 is 1.13 bits per heavy atom. The van der Waals surface area contributed by atoms with Crippen molar-refractivity contribution >= 4 is 23.8 Å². The van der Waals surface area contributed by atoms with Gasteiger partial charge in [0.05, 0.1) is 36.5 Å². The molecule has 158 valence electrons. The van der Waals surface area contributed by atoms with Gasteiger partial charge in [-0.05, 0) is 30.3 Å². The van der Waals surface area contributed by atoms with Crippen LogP contribution < -0.4 is 10.2 Å². The number of ether oxygens (including phenoxy) is 2. The maximum atomic E-state index is 12.3. The zero-order chi connectivity index (χ0) is 22.4. The zero-order valence-corrected chi connectivity index (χ0v) is 16.5. The van der Waals surface area contributed by atoms with Crippen LogP contribution in [0.5, 0.6) is 5.75 Å². The lowest BCUT2D eigenvalue weighted by molar-refractivity contribution is -0.384. The number of esters is 1. The molecule has 0 unspecified atom stereocenters. The first-order valence-electron chi connectivity index (χ1n) is 8.87. The first-order chi connectivity index (χ1) is 14.9. The second-order valence-corrected chi connectivity index (χ2v) is 6.12. The number of methoxy groups -OCH3 is 2. The molecule has 0 aliphatic carbocycles. The largest absolute Gasteiger partial charge is 0.496 e. The number of hydrogen-bond acceptors (Lipinski definition) is 8. The van der Waals surface area contributed by atoms with E-state index in [-0.39, 0.29) is 17.0 Å². The van der Waals surface area contributed by atoms with Gasteiger partial charge in [0.15, 0.2) is 0 Å². The average Bonchev–Trinajstić information content (AvgIpc) is 3.27. The van der Waals surface area contributed by atoms with Crippen LogP contribution in [-0.4, -0.2) is 37.2 Å². The molecular formula is C21H17N3O7. The predicted molar refractivity (Wildman–Crippen MR) is 110 cm³/mol. The molecule has 3 aromatic rings. The Bertz CT molecular complexity index is 1170. The minimum absolute atomic E-state index is 0.0337. The lowest BCUT2D eigenvalue weighted by Gasteiger charge is -2.06. The van der Waals surface area contributed by atoms with E-state index in [0.29, 0.717) is 22.6 Å². The summed E-state index contributed by atoms with van der Waals surface area (Å²) in [6, 6.07) is 13.7. The number of hydrogen-bond donors (Lipinski definition) is 1. The van der Waals surface area contributed by atoms with Crippen LogP contribution in [-0.2, 0) is 4.74 Å². The first-order valence-corrected chi connectivity index (χ1v) is 8.87. The van der Waals surface area contributed by atoms with Crippen molar-refractivity contribution in [1.29, 1.82) is 0 Å². The number of nitrogens with zero attached hydrogens (tertiary/aromatic N) is 2. The molecule has 0 radical (unpaired) electrons. The van der Waals surface area contributed by atoms with E-state index in [2.05, 4.69) is 10.5 Å². The Balaban J connectivity index is 1.73. The average molecular weight is 423 g/mol. The Kier molecular flexibility index (Phi) is 6.41. The van der Waals surface area contributed by atoms with E-state index in [0.717, 1.165) is 6.07 Å². The molecule has 0 saturated heterocycles. The van der Waals surface area contributed by atoms with Crippen LogP contribution in [0.1, 0.15) is 26.5 Å². The van der Waals surface area contributed by atoms with Crippen molar-refractivity contribution in [3.8, 4) is 17.1 Å². The van der Waals surface area contributed by atoms with E-state index in [9.17, 15) is 19.7 Å². The SMILES string of the molecule is COC(=O)c1cccc(-c2ccc(/C=N\NC(=O)c3cc([N+](=O)[O-])ccc3OC)o2)c1. The van der Waals surface area contributed by atoms with E-state index >= 15 is 0 Å². The molecule has 0 atom stereocenters. The van der Waals surface area contributed by atoms with Crippen molar-refractivity contribution in [1.82, 2.24) is 5.43 Å². The summed E-state index contributed by atoms with van der Waals surface area (Å²) in [5, 5.41) is 14.8. The van der Waals surface area contributed by atoms with Crippen LogP contribution in [0.2, 0.25) is 0 Å². The molecule has 0 spiro atoms. The molecule has 1 heterocycles. The lowest BCUT2D eigenvalue weighted by Crippen LogP contribution is -2.18. The van der Waals surface area contributed by atoms with E-state index in [1.165, 1.54) is 32.6 Å². The number of carbonyl (C=O) groups is 2. The number of benzene rings is 2. The third kappa shape index (κ3) is 4.93. The summed E-state index contributed by atoms with van der Waals surface area (Å²) >= 11 is 0. The second kappa shape index (κ2) is 9.35. The minimum atomic E-state index is -0.686. The van der Waals surface area contributed by atoms with E-state index in [4.69, 9.17) is 13.9 Å². The van der Waals surface area contributed by atoms with Crippen molar-refractivity contribution < 1.29 is 28.4 Å². The first kappa shape index (κ1) is 21.2. The third-order valence-electron chi connectivity index (χ3n) is 4.19. The highest BCUT2D eigenvalue weighted by molar-refractivity contribution is 5.98. The normalized spacial score (nSPS) is 10.6. The summed E-state index contributed by atoms with van der Waals surface area (Å²) in [6.45, 7) is 0. The molecule has 31 heavy (non-hydrogen) atoms. The number of carbonyl (C=O) groups excluding carboxylic acids is 2. The molecule has 0 aliphatic heterocycles. The van der Waals surface area contributed by atoms with Crippen molar-refractivity contribution in [3.63, 3.8) is 0 Å². The number of nitro groups is 1. The Morgan fingerprint density at radius 2 is 1.94 bits per heavy atom. The van der Waals surface area contributed by atoms with Gasteiger partial charge in [-0.2, -0.15) is 5.10 Å². The highest BCUT2D eigenvalue weighted by Crippen LogP contribution is 2.24. The standard InChI is InChI=1S/C21H17N3O7/c1-29-19-8-6-15(24(27)28)11-17(19)20(25)23-22-12-16-7-9-18(31-16)13-4-3-5-14(10-13)21(26)30-2/h3-12H,1-2H3,(H,23,25)/b22-12-. The van der Waals surface area contributed by atoms with Crippen molar-refractivity contribution in [2.24, 2.45) is 5.10 Å². The monoisotopic (exact) mass is 423 g/mol. The summed E-state index contributed by atoms with van der Waals surface area (Å²) in [5.74, 6) is -0.156. The van der Waals surface area contributed by atoms with Gasteiger partial charge in [0, 0.05) is 17.7 Å². The summed E-state index contributed by atoms with van der Waals surface area (Å²) in [7, 11) is 2.65. The summed E-state index contributed by atoms with van der Waals surface area (Å²) < 4.78 is 15.4. The summed E-state index contributed by atoms with van der Waals surface area (Å²) in [4.78, 5) is 34.3. The second-order valence-electron chi connectivity index (χ2n) is 6.12. The van der Waals surface area contributed by atoms with E-state index in [1.54, 1.807) is 36.4 Å². The topological polar surface area (TPSA) is 133 Å². The van der Waals surface area contributed by atoms with Crippen molar-refractivity contribution in [3.05, 3.63) is 81.6 Å². The van der Waals surface area contributed by atoms with Gasteiger partial charge in [-0.25, -0.2) is 10.2 Å². The molecule has 1 aromatic heterocycles. The molecule has 0 fully saturated rings. The third-order valence-corrected chi connectivity index (χ3v) is 4.19. The van der Waals surface area contributed by atoms with Crippen molar-refractivity contribution in [2.75, 3.05) is 14.2 Å². The number of nitro benzene ring substituents is 1. The fraction of sp³-hybridized carbons (Fsp3) is 0.0952. The molecule has 10 nitrogen and oxygen atoms in total. The number of nitrogens with one attached hydrogen (secondary N) is 1. The van der Waals surface area contributed by atoms with Gasteiger partial charge in [0.2, 0.25) is 0 Å². The number of amides is 1. The molecule has 0 bridgehead atoms. The number of hydrazone groups is 1. The number of rotatable bonds is 7. The molecule has 0 aliphatic rings. The van der Waals surface area contributed by atoms with Crippen LogP contribution in [0.15, 0.2) is 64.1 Å². The number of furan rings is 1. The van der Waals surface area contributed by atoms with Crippen LogP contribution in [0.25, 0.3) is 11.3 Å². The van der Waals surface area contributed by atoms with Gasteiger partial charge in [-0.15, -0.1) is 0 Å². The van der Waals surface area contributed by atoms with Crippen LogP contribution in [0.4, 0.5) is 5.69 Å². The predicted octanol–water partition coefficient (Wildman–Crippen LogP) is 3.41. The fourth-order valence-electron chi connectivity index (χ4n) is 2.70. The Labute approximate surface area is 176 Å². The lowest BCUT2D eigenvalue weighted by atomic mass is 10.1. The minimum Gasteiger partial charge on any atom is -0.496 e. The molecular weight excluding hydrogens is 406 g/mol. The Morgan fingerprint density at radius 3 is 2.65 bits per heavy atom. The van der Waals surface area contributed by atoms with Gasteiger partial charge in [-0.1, -0.05) is 12.1 Å². The van der Waals surface area contributed by atoms with Crippen LogP contribution in [0, 0.1) is 10.1 Å². The highest BCUT2D eigenvalue weighted by Gasteiger charge is 2.17. The van der Waals surface area contributed by atoms with Gasteiger partial charge in [0.25, 0.3) is 11.6 Å². The zero-order valence-electron chi connectivity index (χ0n) is 16.5. The molecule has 1 amide bonds. The smallest absolute Gasteiger partial charge is 0.337 e. The van der Waals surface area contributed by atoms with Crippen LogP contribution in [0.3, 0.4) is 0 Å². The molecule has 3 rings (SSSR count). The summed E-state index contributed by atoms with van der Waals surface area (Å²) in [6.07, 6.45) is 1.27. The van der Waals surface area contributed by atoms with E-state index < -0.39 is 16.8 Å². The van der Waals surface area contributed by atoms with Gasteiger partial charge in [-0.3, -0.25) is 14.9 Å². The molecule has 10 heteroatoms. The Hall–Kier alpha value is -4.47. The van der Waals surface area contributed by atoms with Gasteiger partial charge < -0.3 is 13.9 Å². The van der Waals surface area contributed by atoms with Crippen LogP contribution >= 0.6 is 0 Å². The van der Waals surface area contributed by atoms with Crippen molar-refractivity contribution in [2.45, 2.75) is 0 Å². The molecule has 1 N–H and O–H groups in total. The molecule has 2 aromatic carbocycles. The summed E-state index contributed by atoms with van der Waals surface area (Å²) in [5.41, 5.74) is 3.03. The maximum absolute atomic E-state index is 12.3. The fourth-order valence-corrected chi connectivity index (χ4v) is 2.70. The van der Waals surface area contributed by atoms with E-state index in [1.807, 2.05) is 0 Å².